The second kappa shape index (κ2) is 6.23. The van der Waals surface area contributed by atoms with Crippen LogP contribution in [-0.4, -0.2) is 35.1 Å². The molecule has 20 heavy (non-hydrogen) atoms. The molecule has 2 aliphatic rings. The first-order valence-corrected chi connectivity index (χ1v) is 8.14. The minimum atomic E-state index is 0.398. The summed E-state index contributed by atoms with van der Waals surface area (Å²) < 4.78 is 0. The summed E-state index contributed by atoms with van der Waals surface area (Å²) in [5.74, 6) is 0. The number of rotatable bonds is 2. The molecule has 1 aromatic rings. The maximum Gasteiger partial charge on any atom is 0.0308 e. The summed E-state index contributed by atoms with van der Waals surface area (Å²) in [5.41, 5.74) is 3.16. The van der Waals surface area contributed by atoms with Crippen molar-refractivity contribution in [3.63, 3.8) is 0 Å². The molecule has 1 aliphatic heterocycles. The predicted octanol–water partition coefficient (Wildman–Crippen LogP) is 2.89. The van der Waals surface area contributed by atoms with Crippen LogP contribution in [-0.2, 0) is 6.54 Å². The van der Waals surface area contributed by atoms with Gasteiger partial charge in [-0.3, -0.25) is 9.88 Å². The van der Waals surface area contributed by atoms with Gasteiger partial charge in [-0.2, -0.15) is 0 Å². The number of pyridine rings is 1. The first-order valence-electron chi connectivity index (χ1n) is 8.14. The zero-order valence-corrected chi connectivity index (χ0v) is 12.7. The molecular weight excluding hydrogens is 246 g/mol. The molecule has 2 heterocycles. The fourth-order valence-corrected chi connectivity index (χ4v) is 3.84. The average Bonchev–Trinajstić information content (AvgIpc) is 2.65. The van der Waals surface area contributed by atoms with E-state index in [4.69, 9.17) is 0 Å². The Hall–Kier alpha value is -0.930. The lowest BCUT2D eigenvalue weighted by atomic mass is 9.81. The van der Waals surface area contributed by atoms with Gasteiger partial charge in [0.05, 0.1) is 0 Å². The molecule has 0 atom stereocenters. The highest BCUT2D eigenvalue weighted by Gasteiger charge is 2.34. The Morgan fingerprint density at radius 1 is 1.25 bits per heavy atom. The van der Waals surface area contributed by atoms with Gasteiger partial charge in [0.25, 0.3) is 0 Å². The Labute approximate surface area is 122 Å². The van der Waals surface area contributed by atoms with E-state index in [1.54, 1.807) is 0 Å². The third-order valence-electron chi connectivity index (χ3n) is 5.02. The number of hydrogen-bond donors (Lipinski definition) is 1. The van der Waals surface area contributed by atoms with Crippen LogP contribution in [0.25, 0.3) is 0 Å². The van der Waals surface area contributed by atoms with E-state index in [9.17, 15) is 0 Å². The zero-order valence-electron chi connectivity index (χ0n) is 12.7. The van der Waals surface area contributed by atoms with Gasteiger partial charge < -0.3 is 5.32 Å². The lowest BCUT2D eigenvalue weighted by Gasteiger charge is -2.40. The monoisotopic (exact) mass is 273 g/mol. The van der Waals surface area contributed by atoms with Crippen LogP contribution < -0.4 is 5.32 Å². The van der Waals surface area contributed by atoms with E-state index in [1.807, 2.05) is 12.4 Å². The quantitative estimate of drug-likeness (QED) is 0.898. The lowest BCUT2D eigenvalue weighted by Crippen LogP contribution is -2.52. The van der Waals surface area contributed by atoms with Crippen LogP contribution in [0.1, 0.15) is 49.7 Å². The second-order valence-corrected chi connectivity index (χ2v) is 6.63. The molecule has 0 radical (unpaired) electrons. The molecule has 1 aliphatic carbocycles. The van der Waals surface area contributed by atoms with Gasteiger partial charge in [-0.05, 0) is 56.5 Å². The maximum absolute atomic E-state index is 4.21. The molecule has 1 N–H and O–H groups in total. The van der Waals surface area contributed by atoms with E-state index in [0.717, 1.165) is 6.54 Å². The molecule has 110 valence electrons. The number of hydrogen-bond acceptors (Lipinski definition) is 3. The van der Waals surface area contributed by atoms with Crippen molar-refractivity contribution < 1.29 is 0 Å². The molecule has 3 rings (SSSR count). The minimum absolute atomic E-state index is 0.398. The van der Waals surface area contributed by atoms with Crippen molar-refractivity contribution in [3.8, 4) is 0 Å². The van der Waals surface area contributed by atoms with Crippen LogP contribution in [0.3, 0.4) is 0 Å². The number of aryl methyl sites for hydroxylation is 1. The van der Waals surface area contributed by atoms with Gasteiger partial charge in [0.1, 0.15) is 0 Å². The zero-order chi connectivity index (χ0) is 13.8. The standard InChI is InChI=1S/C17H27N3/c1-15-12-18-10-6-16(15)13-20-11-5-9-19-17(14-20)7-3-2-4-8-17/h6,10,12,19H,2-5,7-9,11,13-14H2,1H3. The predicted molar refractivity (Wildman–Crippen MR) is 82.7 cm³/mol. The van der Waals surface area contributed by atoms with Gasteiger partial charge in [-0.25, -0.2) is 0 Å². The summed E-state index contributed by atoms with van der Waals surface area (Å²) in [5, 5.41) is 3.87. The molecule has 3 heteroatoms. The van der Waals surface area contributed by atoms with Gasteiger partial charge in [0, 0.05) is 31.0 Å². The van der Waals surface area contributed by atoms with Crippen LogP contribution in [0, 0.1) is 6.92 Å². The molecule has 1 saturated heterocycles. The Kier molecular flexibility index (Phi) is 4.37. The van der Waals surface area contributed by atoms with Crippen LogP contribution in [0.5, 0.6) is 0 Å². The molecule has 0 unspecified atom stereocenters. The first-order chi connectivity index (χ1) is 9.77. The molecule has 1 aromatic heterocycles. The van der Waals surface area contributed by atoms with Gasteiger partial charge >= 0.3 is 0 Å². The van der Waals surface area contributed by atoms with Gasteiger partial charge in [-0.1, -0.05) is 19.3 Å². The van der Waals surface area contributed by atoms with Crippen LogP contribution in [0.4, 0.5) is 0 Å². The topological polar surface area (TPSA) is 28.2 Å². The smallest absolute Gasteiger partial charge is 0.0308 e. The van der Waals surface area contributed by atoms with Gasteiger partial charge in [0.2, 0.25) is 0 Å². The van der Waals surface area contributed by atoms with Crippen LogP contribution >= 0.6 is 0 Å². The first kappa shape index (κ1) is 14.0. The van der Waals surface area contributed by atoms with Gasteiger partial charge in [0.15, 0.2) is 0 Å². The molecule has 0 bridgehead atoms. The normalized spacial score (nSPS) is 23.6. The van der Waals surface area contributed by atoms with Crippen molar-refractivity contribution in [2.24, 2.45) is 0 Å². The molecule has 1 saturated carbocycles. The summed E-state index contributed by atoms with van der Waals surface area (Å²) in [4.78, 5) is 6.87. The SMILES string of the molecule is Cc1cnccc1CN1CCCNC2(CCCCC2)C1. The molecule has 3 nitrogen and oxygen atoms in total. The molecular formula is C17H27N3. The molecule has 1 spiro atoms. The summed E-state index contributed by atoms with van der Waals surface area (Å²) in [6.07, 6.45) is 12.1. The Morgan fingerprint density at radius 2 is 2.10 bits per heavy atom. The van der Waals surface area contributed by atoms with E-state index in [2.05, 4.69) is 28.2 Å². The largest absolute Gasteiger partial charge is 0.310 e. The van der Waals surface area contributed by atoms with E-state index in [0.29, 0.717) is 5.54 Å². The Bertz CT molecular complexity index is 438. The van der Waals surface area contributed by atoms with E-state index < -0.39 is 0 Å². The van der Waals surface area contributed by atoms with Crippen molar-refractivity contribution in [3.05, 3.63) is 29.6 Å². The van der Waals surface area contributed by atoms with Crippen molar-refractivity contribution in [2.45, 2.75) is 57.5 Å². The highest BCUT2D eigenvalue weighted by Crippen LogP contribution is 2.30. The summed E-state index contributed by atoms with van der Waals surface area (Å²) in [6.45, 7) is 6.88. The summed E-state index contributed by atoms with van der Waals surface area (Å²) >= 11 is 0. The fraction of sp³-hybridized carbons (Fsp3) is 0.706. The minimum Gasteiger partial charge on any atom is -0.310 e. The molecule has 2 fully saturated rings. The van der Waals surface area contributed by atoms with E-state index in [-0.39, 0.29) is 0 Å². The Morgan fingerprint density at radius 3 is 2.90 bits per heavy atom. The molecule has 0 amide bonds. The third-order valence-corrected chi connectivity index (χ3v) is 5.02. The summed E-state index contributed by atoms with van der Waals surface area (Å²) in [6, 6.07) is 2.18. The van der Waals surface area contributed by atoms with Crippen molar-refractivity contribution in [1.82, 2.24) is 15.2 Å². The number of aromatic nitrogens is 1. The number of nitrogens with zero attached hydrogens (tertiary/aromatic N) is 2. The number of nitrogens with one attached hydrogen (secondary N) is 1. The van der Waals surface area contributed by atoms with Crippen molar-refractivity contribution in [2.75, 3.05) is 19.6 Å². The maximum atomic E-state index is 4.21. The van der Waals surface area contributed by atoms with Gasteiger partial charge in [-0.15, -0.1) is 0 Å². The average molecular weight is 273 g/mol. The summed E-state index contributed by atoms with van der Waals surface area (Å²) in [7, 11) is 0. The fourth-order valence-electron chi connectivity index (χ4n) is 3.84. The van der Waals surface area contributed by atoms with E-state index >= 15 is 0 Å². The second-order valence-electron chi connectivity index (χ2n) is 6.63. The van der Waals surface area contributed by atoms with Crippen LogP contribution in [0.15, 0.2) is 18.5 Å². The highest BCUT2D eigenvalue weighted by molar-refractivity contribution is 5.21. The highest BCUT2D eigenvalue weighted by atomic mass is 15.2. The van der Waals surface area contributed by atoms with Crippen LogP contribution in [0.2, 0.25) is 0 Å². The van der Waals surface area contributed by atoms with Crippen molar-refractivity contribution in [1.29, 1.82) is 0 Å². The Balaban J connectivity index is 1.70. The van der Waals surface area contributed by atoms with Crippen molar-refractivity contribution >= 4 is 0 Å². The third kappa shape index (κ3) is 3.21. The lowest BCUT2D eigenvalue weighted by molar-refractivity contribution is 0.159. The molecule has 0 aromatic carbocycles. The van der Waals surface area contributed by atoms with E-state index in [1.165, 1.54) is 69.3 Å².